The molecule has 6 heteroatoms. The Morgan fingerprint density at radius 3 is 2.61 bits per heavy atom. The van der Waals surface area contributed by atoms with Gasteiger partial charge in [0.25, 0.3) is 0 Å². The minimum Gasteiger partial charge on any atom is -0.460 e. The lowest BCUT2D eigenvalue weighted by Gasteiger charge is -2.02. The van der Waals surface area contributed by atoms with Crippen molar-refractivity contribution in [3.63, 3.8) is 0 Å². The molecule has 0 bridgehead atoms. The first-order valence-electron chi connectivity index (χ1n) is 5.46. The Kier molecular flexibility index (Phi) is 5.37. The van der Waals surface area contributed by atoms with Crippen LogP contribution in [0.15, 0.2) is 35.4 Å². The quantitative estimate of drug-likeness (QED) is 0.344. The molecular weight excluding hydrogens is 234 g/mol. The van der Waals surface area contributed by atoms with Gasteiger partial charge < -0.3 is 10.5 Å². The smallest absolute Gasteiger partial charge is 0.375 e. The van der Waals surface area contributed by atoms with Gasteiger partial charge in [0.05, 0.1) is 13.0 Å². The van der Waals surface area contributed by atoms with E-state index in [2.05, 4.69) is 15.3 Å². The topological polar surface area (TPSA) is 93.8 Å². The first kappa shape index (κ1) is 13.7. The van der Waals surface area contributed by atoms with E-state index in [-0.39, 0.29) is 24.8 Å². The Hall–Kier alpha value is -2.37. The number of amidine groups is 1. The van der Waals surface area contributed by atoms with Gasteiger partial charge in [0.1, 0.15) is 0 Å². The van der Waals surface area contributed by atoms with Crippen LogP contribution < -0.4 is 11.2 Å². The van der Waals surface area contributed by atoms with Crippen LogP contribution in [0.3, 0.4) is 0 Å². The molecule has 1 amide bonds. The van der Waals surface area contributed by atoms with Gasteiger partial charge >= 0.3 is 5.97 Å². The summed E-state index contributed by atoms with van der Waals surface area (Å²) < 4.78 is 4.61. The summed E-state index contributed by atoms with van der Waals surface area (Å²) in [4.78, 5) is 22.6. The van der Waals surface area contributed by atoms with Crippen molar-refractivity contribution in [2.24, 2.45) is 10.8 Å². The van der Waals surface area contributed by atoms with Crippen LogP contribution in [0, 0.1) is 0 Å². The minimum atomic E-state index is -0.752. The summed E-state index contributed by atoms with van der Waals surface area (Å²) in [7, 11) is 0. The fourth-order valence-electron chi connectivity index (χ4n) is 1.19. The Balaban J connectivity index is 2.46. The second-order valence-electron chi connectivity index (χ2n) is 3.41. The number of esters is 1. The predicted molar refractivity (Wildman–Crippen MR) is 66.5 cm³/mol. The number of nitrogens with two attached hydrogens (primary N) is 1. The molecule has 3 N–H and O–H groups in total. The van der Waals surface area contributed by atoms with E-state index in [1.54, 1.807) is 6.92 Å². The van der Waals surface area contributed by atoms with E-state index in [0.29, 0.717) is 0 Å². The summed E-state index contributed by atoms with van der Waals surface area (Å²) in [5, 5.41) is 3.46. The highest BCUT2D eigenvalue weighted by molar-refractivity contribution is 6.34. The van der Waals surface area contributed by atoms with Crippen molar-refractivity contribution >= 4 is 17.7 Å². The number of hydrogen-bond donors (Lipinski definition) is 2. The maximum Gasteiger partial charge on any atom is 0.375 e. The molecule has 0 fully saturated rings. The molecule has 0 unspecified atom stereocenters. The minimum absolute atomic E-state index is 0.167. The van der Waals surface area contributed by atoms with Crippen molar-refractivity contribution in [1.29, 1.82) is 0 Å². The zero-order chi connectivity index (χ0) is 13.4. The summed E-state index contributed by atoms with van der Waals surface area (Å²) in [6, 6.07) is 9.16. The van der Waals surface area contributed by atoms with E-state index in [0.717, 1.165) is 5.56 Å². The Labute approximate surface area is 105 Å². The summed E-state index contributed by atoms with van der Waals surface area (Å²) >= 11 is 0. The zero-order valence-corrected chi connectivity index (χ0v) is 10.1. The number of hydrogen-bond acceptors (Lipinski definition) is 4. The van der Waals surface area contributed by atoms with E-state index >= 15 is 0 Å². The molecule has 0 spiro atoms. The molecule has 0 heterocycles. The summed E-state index contributed by atoms with van der Waals surface area (Å²) in [5.41, 5.74) is 8.35. The van der Waals surface area contributed by atoms with Crippen molar-refractivity contribution in [3.8, 4) is 0 Å². The summed E-state index contributed by atoms with van der Waals surface area (Å²) in [5.74, 6) is -1.48. The van der Waals surface area contributed by atoms with Crippen LogP contribution >= 0.6 is 0 Å². The molecule has 0 saturated carbocycles. The molecule has 0 atom stereocenters. The van der Waals surface area contributed by atoms with Gasteiger partial charge in [-0.15, -0.1) is 5.10 Å². The van der Waals surface area contributed by atoms with Crippen LogP contribution in [0.1, 0.15) is 12.5 Å². The third-order valence-electron chi connectivity index (χ3n) is 1.99. The zero-order valence-electron chi connectivity index (χ0n) is 10.1. The molecule has 0 aliphatic carbocycles. The molecular formula is C12H15N3O3. The number of carbonyl (C=O) groups excluding carboxylic acids is 2. The van der Waals surface area contributed by atoms with Crippen LogP contribution in [0.2, 0.25) is 0 Å². The number of rotatable bonds is 4. The van der Waals surface area contributed by atoms with Crippen molar-refractivity contribution in [2.75, 3.05) is 6.61 Å². The van der Waals surface area contributed by atoms with Gasteiger partial charge in [-0.25, -0.2) is 10.2 Å². The van der Waals surface area contributed by atoms with Gasteiger partial charge in [-0.05, 0) is 12.5 Å². The van der Waals surface area contributed by atoms with E-state index in [1.807, 2.05) is 30.3 Å². The van der Waals surface area contributed by atoms with Crippen LogP contribution in [-0.4, -0.2) is 24.3 Å². The maximum atomic E-state index is 11.5. The molecule has 1 aromatic carbocycles. The van der Waals surface area contributed by atoms with Gasteiger partial charge in [0.15, 0.2) is 0 Å². The van der Waals surface area contributed by atoms with Crippen LogP contribution in [-0.2, 0) is 20.7 Å². The van der Waals surface area contributed by atoms with Gasteiger partial charge in [0, 0.05) is 0 Å². The number of nitrogens with one attached hydrogen (secondary N) is 1. The van der Waals surface area contributed by atoms with E-state index in [4.69, 9.17) is 5.73 Å². The Bertz CT molecular complexity index is 443. The molecule has 6 nitrogen and oxygen atoms in total. The number of hydrazone groups is 1. The summed E-state index contributed by atoms with van der Waals surface area (Å²) in [6.07, 6.45) is 0.167. The second kappa shape index (κ2) is 7.05. The Morgan fingerprint density at radius 2 is 2.00 bits per heavy atom. The standard InChI is InChI=1S/C12H15N3O3/c1-2-18-12(17)11(13)15-14-10(16)8-9-6-4-3-5-7-9/h3-7H,2,8H2,1H3,(H2,13,15)(H,14,16). The lowest BCUT2D eigenvalue weighted by Crippen LogP contribution is -2.31. The lowest BCUT2D eigenvalue weighted by atomic mass is 10.1. The van der Waals surface area contributed by atoms with Crippen molar-refractivity contribution < 1.29 is 14.3 Å². The molecule has 0 aromatic heterocycles. The third-order valence-corrected chi connectivity index (χ3v) is 1.99. The summed E-state index contributed by atoms with van der Waals surface area (Å²) in [6.45, 7) is 1.85. The van der Waals surface area contributed by atoms with Gasteiger partial charge in [-0.3, -0.25) is 4.79 Å². The number of amides is 1. The lowest BCUT2D eigenvalue weighted by molar-refractivity contribution is -0.135. The predicted octanol–water partition coefficient (Wildman–Crippen LogP) is 0.181. The molecule has 1 aromatic rings. The van der Waals surface area contributed by atoms with E-state index in [9.17, 15) is 9.59 Å². The normalized spacial score (nSPS) is 10.8. The number of nitrogens with zero attached hydrogens (tertiary/aromatic N) is 1. The van der Waals surface area contributed by atoms with Crippen molar-refractivity contribution in [1.82, 2.24) is 5.43 Å². The highest BCUT2D eigenvalue weighted by atomic mass is 16.5. The van der Waals surface area contributed by atoms with Gasteiger partial charge in [-0.2, -0.15) is 0 Å². The Morgan fingerprint density at radius 1 is 1.33 bits per heavy atom. The highest BCUT2D eigenvalue weighted by Crippen LogP contribution is 1.98. The molecule has 0 radical (unpaired) electrons. The molecule has 96 valence electrons. The maximum absolute atomic E-state index is 11.5. The molecule has 0 aliphatic rings. The fourth-order valence-corrected chi connectivity index (χ4v) is 1.19. The van der Waals surface area contributed by atoms with Gasteiger partial charge in [0.2, 0.25) is 11.7 Å². The first-order chi connectivity index (χ1) is 8.63. The average molecular weight is 249 g/mol. The highest BCUT2D eigenvalue weighted by Gasteiger charge is 2.08. The number of benzene rings is 1. The van der Waals surface area contributed by atoms with Gasteiger partial charge in [-0.1, -0.05) is 30.3 Å². The van der Waals surface area contributed by atoms with Crippen LogP contribution in [0.5, 0.6) is 0 Å². The molecule has 18 heavy (non-hydrogen) atoms. The van der Waals surface area contributed by atoms with E-state index < -0.39 is 5.97 Å². The third kappa shape index (κ3) is 4.65. The fraction of sp³-hybridized carbons (Fsp3) is 0.250. The second-order valence-corrected chi connectivity index (χ2v) is 3.41. The molecule has 1 rings (SSSR count). The van der Waals surface area contributed by atoms with Crippen LogP contribution in [0.25, 0.3) is 0 Å². The van der Waals surface area contributed by atoms with Crippen molar-refractivity contribution in [3.05, 3.63) is 35.9 Å². The monoisotopic (exact) mass is 249 g/mol. The number of carbonyl (C=O) groups is 2. The van der Waals surface area contributed by atoms with Crippen LogP contribution in [0.4, 0.5) is 0 Å². The molecule has 0 saturated heterocycles. The number of ether oxygens (including phenoxy) is 1. The van der Waals surface area contributed by atoms with Crippen molar-refractivity contribution in [2.45, 2.75) is 13.3 Å². The molecule has 0 aliphatic heterocycles. The SMILES string of the molecule is CCOC(=O)C(N)=NNC(=O)Cc1ccccc1. The average Bonchev–Trinajstić information content (AvgIpc) is 2.37. The first-order valence-corrected chi connectivity index (χ1v) is 5.46. The largest absolute Gasteiger partial charge is 0.460 e. The van der Waals surface area contributed by atoms with E-state index in [1.165, 1.54) is 0 Å².